The average Bonchev–Trinajstić information content (AvgIpc) is 2.97. The number of carbonyl (C=O) groups is 2. The van der Waals surface area contributed by atoms with Gasteiger partial charge in [0.25, 0.3) is 5.91 Å². The summed E-state index contributed by atoms with van der Waals surface area (Å²) in [5, 5.41) is 6.06. The molecule has 1 atom stereocenters. The summed E-state index contributed by atoms with van der Waals surface area (Å²) >= 11 is 0. The number of amides is 2. The van der Waals surface area contributed by atoms with Crippen LogP contribution in [0, 0.1) is 0 Å². The van der Waals surface area contributed by atoms with Crippen LogP contribution in [-0.4, -0.2) is 79.6 Å². The van der Waals surface area contributed by atoms with Crippen molar-refractivity contribution in [2.24, 2.45) is 0 Å². The molecular formula is C30H37N5O3. The van der Waals surface area contributed by atoms with Crippen molar-refractivity contribution < 1.29 is 14.3 Å². The lowest BCUT2D eigenvalue weighted by atomic mass is 9.93. The van der Waals surface area contributed by atoms with Gasteiger partial charge in [0, 0.05) is 71.7 Å². The Labute approximate surface area is 225 Å². The first-order valence-electron chi connectivity index (χ1n) is 13.1. The van der Waals surface area contributed by atoms with Crippen molar-refractivity contribution in [1.29, 1.82) is 0 Å². The van der Waals surface area contributed by atoms with Crippen molar-refractivity contribution in [2.45, 2.75) is 25.0 Å². The molecular weight excluding hydrogens is 478 g/mol. The molecule has 2 heterocycles. The molecule has 0 saturated carbocycles. The van der Waals surface area contributed by atoms with E-state index in [4.69, 9.17) is 4.74 Å². The van der Waals surface area contributed by atoms with Crippen molar-refractivity contribution in [1.82, 2.24) is 25.4 Å². The minimum Gasteiger partial charge on any atom is -0.383 e. The second kappa shape index (κ2) is 13.8. The smallest absolute Gasteiger partial charge is 0.255 e. The molecule has 0 aliphatic carbocycles. The topological polar surface area (TPSA) is 86.8 Å². The zero-order chi connectivity index (χ0) is 26.7. The molecule has 1 aromatic heterocycles. The molecule has 4 rings (SSSR count). The molecule has 0 radical (unpaired) electrons. The highest BCUT2D eigenvalue weighted by Crippen LogP contribution is 2.33. The first-order chi connectivity index (χ1) is 18.6. The molecule has 3 aromatic rings. The van der Waals surface area contributed by atoms with E-state index in [1.807, 2.05) is 47.4 Å². The molecule has 8 heteroatoms. The van der Waals surface area contributed by atoms with Gasteiger partial charge in [-0.1, -0.05) is 60.7 Å². The van der Waals surface area contributed by atoms with Crippen molar-refractivity contribution in [3.8, 4) is 0 Å². The zero-order valence-electron chi connectivity index (χ0n) is 22.2. The molecule has 0 unspecified atom stereocenters. The van der Waals surface area contributed by atoms with E-state index in [1.165, 1.54) is 11.1 Å². The third-order valence-corrected chi connectivity index (χ3v) is 6.93. The molecule has 0 spiro atoms. The van der Waals surface area contributed by atoms with Crippen LogP contribution in [0.2, 0.25) is 0 Å². The van der Waals surface area contributed by atoms with E-state index in [9.17, 15) is 9.59 Å². The number of methoxy groups -OCH3 is 1. The van der Waals surface area contributed by atoms with Gasteiger partial charge in [0.05, 0.1) is 18.2 Å². The molecule has 2 aromatic carbocycles. The Balaban J connectivity index is 1.56. The lowest BCUT2D eigenvalue weighted by Gasteiger charge is -2.45. The van der Waals surface area contributed by atoms with Crippen LogP contribution in [0.5, 0.6) is 0 Å². The molecule has 2 N–H and O–H groups in total. The maximum Gasteiger partial charge on any atom is 0.255 e. The minimum atomic E-state index is -0.148. The van der Waals surface area contributed by atoms with Gasteiger partial charge in [0.2, 0.25) is 5.91 Å². The molecule has 1 aliphatic heterocycles. The van der Waals surface area contributed by atoms with E-state index in [2.05, 4.69) is 44.8 Å². The largest absolute Gasteiger partial charge is 0.383 e. The fourth-order valence-corrected chi connectivity index (χ4v) is 5.03. The Morgan fingerprint density at radius 2 is 1.71 bits per heavy atom. The van der Waals surface area contributed by atoms with Crippen molar-refractivity contribution >= 4 is 11.8 Å². The SMILES string of the molecule is CNC(=O)C[C@@H]1CN(C(=O)c2cncc(CNCCOC)c2)CCN1C(c1ccccc1)c1ccccc1. The van der Waals surface area contributed by atoms with Crippen LogP contribution < -0.4 is 10.6 Å². The lowest BCUT2D eigenvalue weighted by Crippen LogP contribution is -2.56. The van der Waals surface area contributed by atoms with Crippen molar-refractivity contribution in [2.75, 3.05) is 46.9 Å². The van der Waals surface area contributed by atoms with Gasteiger partial charge in [-0.3, -0.25) is 19.5 Å². The van der Waals surface area contributed by atoms with Gasteiger partial charge in [0.1, 0.15) is 0 Å². The third kappa shape index (κ3) is 7.04. The predicted octanol–water partition coefficient (Wildman–Crippen LogP) is 2.87. The van der Waals surface area contributed by atoms with E-state index in [0.717, 1.165) is 12.1 Å². The number of piperazine rings is 1. The second-order valence-corrected chi connectivity index (χ2v) is 9.50. The van der Waals surface area contributed by atoms with Crippen LogP contribution >= 0.6 is 0 Å². The van der Waals surface area contributed by atoms with E-state index in [-0.39, 0.29) is 23.9 Å². The summed E-state index contributed by atoms with van der Waals surface area (Å²) in [7, 11) is 3.32. The molecule has 1 fully saturated rings. The number of ether oxygens (including phenoxy) is 1. The molecule has 0 bridgehead atoms. The number of aromatic nitrogens is 1. The summed E-state index contributed by atoms with van der Waals surface area (Å²) in [4.78, 5) is 34.7. The summed E-state index contributed by atoms with van der Waals surface area (Å²) in [6.45, 7) is 3.63. The van der Waals surface area contributed by atoms with E-state index >= 15 is 0 Å². The van der Waals surface area contributed by atoms with Crippen LogP contribution in [0.25, 0.3) is 0 Å². The highest BCUT2D eigenvalue weighted by Gasteiger charge is 2.36. The molecule has 8 nitrogen and oxygen atoms in total. The van der Waals surface area contributed by atoms with E-state index < -0.39 is 0 Å². The van der Waals surface area contributed by atoms with Gasteiger partial charge in [-0.2, -0.15) is 0 Å². The van der Waals surface area contributed by atoms with Crippen LogP contribution in [0.4, 0.5) is 0 Å². The summed E-state index contributed by atoms with van der Waals surface area (Å²) in [5.41, 5.74) is 3.84. The fourth-order valence-electron chi connectivity index (χ4n) is 5.03. The summed E-state index contributed by atoms with van der Waals surface area (Å²) in [5.74, 6) is -0.103. The maximum atomic E-state index is 13.6. The standard InChI is InChI=1S/C30H37N5O3/c1-31-28(36)18-27-22-34(30(37)26-17-23(20-33-21-26)19-32-13-16-38-2)14-15-35(27)29(24-9-5-3-6-10-24)25-11-7-4-8-12-25/h3-12,17,20-21,27,29,32H,13-16,18-19,22H2,1-2H3,(H,31,36)/t27-/m1/s1. The first kappa shape index (κ1) is 27.4. The van der Waals surface area contributed by atoms with Crippen molar-refractivity contribution in [3.05, 3.63) is 101 Å². The molecule has 1 aliphatic rings. The number of hydrogen-bond acceptors (Lipinski definition) is 6. The normalized spacial score (nSPS) is 16.0. The number of pyridine rings is 1. The number of nitrogens with zero attached hydrogens (tertiary/aromatic N) is 3. The van der Waals surface area contributed by atoms with Gasteiger partial charge in [-0.15, -0.1) is 0 Å². The number of rotatable bonds is 11. The summed E-state index contributed by atoms with van der Waals surface area (Å²) in [6.07, 6.45) is 3.70. The Morgan fingerprint density at radius 1 is 1.03 bits per heavy atom. The molecule has 2 amide bonds. The van der Waals surface area contributed by atoms with Crippen LogP contribution in [0.3, 0.4) is 0 Å². The van der Waals surface area contributed by atoms with E-state index in [1.54, 1.807) is 26.6 Å². The molecule has 1 saturated heterocycles. The minimum absolute atomic E-state index is 0.0209. The molecule has 200 valence electrons. The highest BCUT2D eigenvalue weighted by atomic mass is 16.5. The Bertz CT molecular complexity index is 1140. The summed E-state index contributed by atoms with van der Waals surface area (Å²) in [6, 6.07) is 22.4. The van der Waals surface area contributed by atoms with Gasteiger partial charge in [-0.25, -0.2) is 0 Å². The average molecular weight is 516 g/mol. The number of nitrogens with one attached hydrogen (secondary N) is 2. The molecule has 38 heavy (non-hydrogen) atoms. The number of benzene rings is 2. The lowest BCUT2D eigenvalue weighted by molar-refractivity contribution is -0.122. The van der Waals surface area contributed by atoms with Gasteiger partial charge in [0.15, 0.2) is 0 Å². The number of carbonyl (C=O) groups excluding carboxylic acids is 2. The van der Waals surface area contributed by atoms with Gasteiger partial charge < -0.3 is 20.3 Å². The fraction of sp³-hybridized carbons (Fsp3) is 0.367. The first-order valence-corrected chi connectivity index (χ1v) is 13.1. The number of hydrogen-bond donors (Lipinski definition) is 2. The Kier molecular flexibility index (Phi) is 9.97. The predicted molar refractivity (Wildman–Crippen MR) is 148 cm³/mol. The van der Waals surface area contributed by atoms with Crippen LogP contribution in [-0.2, 0) is 16.1 Å². The Hall–Kier alpha value is -3.59. The quantitative estimate of drug-likeness (QED) is 0.382. The monoisotopic (exact) mass is 515 g/mol. The van der Waals surface area contributed by atoms with E-state index in [0.29, 0.717) is 44.8 Å². The van der Waals surface area contributed by atoms with Gasteiger partial charge in [-0.05, 0) is 22.8 Å². The van der Waals surface area contributed by atoms with Crippen LogP contribution in [0.1, 0.15) is 39.5 Å². The maximum absolute atomic E-state index is 13.6. The highest BCUT2D eigenvalue weighted by molar-refractivity contribution is 5.94. The second-order valence-electron chi connectivity index (χ2n) is 9.50. The van der Waals surface area contributed by atoms with Gasteiger partial charge >= 0.3 is 0 Å². The zero-order valence-corrected chi connectivity index (χ0v) is 22.2. The van der Waals surface area contributed by atoms with Crippen molar-refractivity contribution in [3.63, 3.8) is 0 Å². The third-order valence-electron chi connectivity index (χ3n) is 6.93. The van der Waals surface area contributed by atoms with Crippen LogP contribution in [0.15, 0.2) is 79.1 Å². The summed E-state index contributed by atoms with van der Waals surface area (Å²) < 4.78 is 5.08. The Morgan fingerprint density at radius 3 is 2.34 bits per heavy atom.